The van der Waals surface area contributed by atoms with Gasteiger partial charge in [0, 0.05) is 26.4 Å². The van der Waals surface area contributed by atoms with Crippen LogP contribution in [0.1, 0.15) is 38.3 Å². The van der Waals surface area contributed by atoms with Crippen molar-refractivity contribution in [3.63, 3.8) is 0 Å². The second-order valence-corrected chi connectivity index (χ2v) is 9.29. The third kappa shape index (κ3) is 8.29. The van der Waals surface area contributed by atoms with Crippen molar-refractivity contribution in [1.82, 2.24) is 10.6 Å². The van der Waals surface area contributed by atoms with Crippen LogP contribution in [0.15, 0.2) is 23.2 Å². The summed E-state index contributed by atoms with van der Waals surface area (Å²) < 4.78 is 36.5. The van der Waals surface area contributed by atoms with E-state index < -0.39 is 9.84 Å². The average Bonchev–Trinajstić information content (AvgIpc) is 2.42. The predicted molar refractivity (Wildman–Crippen MR) is 97.2 cm³/mol. The number of hydrogen-bond acceptors (Lipinski definition) is 3. The molecule has 0 unspecified atom stereocenters. The van der Waals surface area contributed by atoms with Gasteiger partial charge in [-0.25, -0.2) is 12.8 Å². The Morgan fingerprint density at radius 1 is 1.21 bits per heavy atom. The fourth-order valence-electron chi connectivity index (χ4n) is 2.14. The molecular formula is C17H28FN3O2S. The Morgan fingerprint density at radius 3 is 2.42 bits per heavy atom. The Labute approximate surface area is 144 Å². The van der Waals surface area contributed by atoms with Crippen molar-refractivity contribution >= 4 is 15.8 Å². The molecule has 1 aromatic rings. The average molecular weight is 357 g/mol. The highest BCUT2D eigenvalue weighted by Gasteiger charge is 2.12. The van der Waals surface area contributed by atoms with Crippen molar-refractivity contribution < 1.29 is 12.8 Å². The highest BCUT2D eigenvalue weighted by molar-refractivity contribution is 7.89. The molecule has 0 aromatic heterocycles. The number of benzene rings is 1. The van der Waals surface area contributed by atoms with Crippen molar-refractivity contribution in [2.45, 2.75) is 39.5 Å². The molecular weight excluding hydrogens is 329 g/mol. The minimum atomic E-state index is -3.18. The van der Waals surface area contributed by atoms with E-state index in [0.717, 1.165) is 13.0 Å². The van der Waals surface area contributed by atoms with Gasteiger partial charge in [-0.2, -0.15) is 0 Å². The molecule has 0 radical (unpaired) electrons. The second kappa shape index (κ2) is 8.46. The zero-order valence-electron chi connectivity index (χ0n) is 15.1. The lowest BCUT2D eigenvalue weighted by Gasteiger charge is -2.19. The van der Waals surface area contributed by atoms with Crippen LogP contribution in [-0.4, -0.2) is 34.2 Å². The molecule has 0 aliphatic carbocycles. The van der Waals surface area contributed by atoms with E-state index in [1.807, 2.05) is 0 Å². The van der Waals surface area contributed by atoms with Gasteiger partial charge < -0.3 is 10.6 Å². The third-order valence-corrected chi connectivity index (χ3v) is 4.26. The molecule has 0 bridgehead atoms. The molecule has 0 spiro atoms. The van der Waals surface area contributed by atoms with E-state index >= 15 is 0 Å². The van der Waals surface area contributed by atoms with Crippen molar-refractivity contribution in [2.24, 2.45) is 10.4 Å². The number of rotatable bonds is 6. The van der Waals surface area contributed by atoms with Gasteiger partial charge in [-0.1, -0.05) is 26.8 Å². The summed E-state index contributed by atoms with van der Waals surface area (Å²) in [5.41, 5.74) is 1.42. The van der Waals surface area contributed by atoms with Gasteiger partial charge in [0.2, 0.25) is 0 Å². The molecule has 1 aromatic carbocycles. The number of aliphatic imine (C=N–C) groups is 1. The molecule has 0 saturated carbocycles. The quantitative estimate of drug-likeness (QED) is 0.606. The summed E-state index contributed by atoms with van der Waals surface area (Å²) in [5.74, 6) is 0.105. The lowest BCUT2D eigenvalue weighted by Crippen LogP contribution is -2.38. The highest BCUT2D eigenvalue weighted by Crippen LogP contribution is 2.17. The Bertz CT molecular complexity index is 680. The van der Waals surface area contributed by atoms with Crippen molar-refractivity contribution in [3.05, 3.63) is 35.1 Å². The van der Waals surface area contributed by atoms with Crippen LogP contribution < -0.4 is 10.6 Å². The molecule has 24 heavy (non-hydrogen) atoms. The fraction of sp³-hybridized carbons (Fsp3) is 0.588. The van der Waals surface area contributed by atoms with E-state index in [9.17, 15) is 12.8 Å². The maximum atomic E-state index is 13.5. The standard InChI is InChI=1S/C17H28FN3O2S/c1-17(2,3)8-9-20-16(19-4)21-11-14-10-15(18)7-6-13(14)12-24(5,22)23/h6-7,10H,8-9,11-12H2,1-5H3,(H2,19,20,21). The van der Waals surface area contributed by atoms with Crippen LogP contribution in [0.25, 0.3) is 0 Å². The molecule has 0 atom stereocenters. The smallest absolute Gasteiger partial charge is 0.191 e. The zero-order valence-corrected chi connectivity index (χ0v) is 15.9. The van der Waals surface area contributed by atoms with Crippen LogP contribution in [0.4, 0.5) is 4.39 Å². The Morgan fingerprint density at radius 2 is 1.88 bits per heavy atom. The zero-order chi connectivity index (χ0) is 18.4. The largest absolute Gasteiger partial charge is 0.356 e. The minimum absolute atomic E-state index is 0.111. The fourth-order valence-corrected chi connectivity index (χ4v) is 2.98. The summed E-state index contributed by atoms with van der Waals surface area (Å²) in [6.45, 7) is 7.56. The van der Waals surface area contributed by atoms with E-state index in [0.29, 0.717) is 23.6 Å². The normalized spacial score (nSPS) is 13.0. The van der Waals surface area contributed by atoms with Gasteiger partial charge in [-0.15, -0.1) is 0 Å². The van der Waals surface area contributed by atoms with Gasteiger partial charge in [0.15, 0.2) is 15.8 Å². The monoisotopic (exact) mass is 357 g/mol. The molecule has 0 saturated heterocycles. The molecule has 7 heteroatoms. The van der Waals surface area contributed by atoms with Crippen LogP contribution in [0.3, 0.4) is 0 Å². The summed E-state index contributed by atoms with van der Waals surface area (Å²) >= 11 is 0. The number of hydrogen-bond donors (Lipinski definition) is 2. The second-order valence-electron chi connectivity index (χ2n) is 7.15. The maximum Gasteiger partial charge on any atom is 0.191 e. The first-order valence-corrected chi connectivity index (χ1v) is 9.96. The maximum absolute atomic E-state index is 13.5. The van der Waals surface area contributed by atoms with Crippen LogP contribution >= 0.6 is 0 Å². The molecule has 5 nitrogen and oxygen atoms in total. The van der Waals surface area contributed by atoms with Crippen molar-refractivity contribution in [3.8, 4) is 0 Å². The first-order valence-electron chi connectivity index (χ1n) is 7.90. The SMILES string of the molecule is CN=C(NCCC(C)(C)C)NCc1cc(F)ccc1CS(C)(=O)=O. The molecule has 0 aliphatic rings. The number of halogens is 1. The van der Waals surface area contributed by atoms with Gasteiger partial charge in [-0.3, -0.25) is 4.99 Å². The molecule has 2 N–H and O–H groups in total. The van der Waals surface area contributed by atoms with Crippen LogP contribution in [-0.2, 0) is 22.1 Å². The molecule has 136 valence electrons. The van der Waals surface area contributed by atoms with Gasteiger partial charge >= 0.3 is 0 Å². The summed E-state index contributed by atoms with van der Waals surface area (Å²) in [6.07, 6.45) is 2.15. The van der Waals surface area contributed by atoms with E-state index in [4.69, 9.17) is 0 Å². The van der Waals surface area contributed by atoms with E-state index in [-0.39, 0.29) is 17.0 Å². The minimum Gasteiger partial charge on any atom is -0.356 e. The molecule has 0 fully saturated rings. The summed E-state index contributed by atoms with van der Waals surface area (Å²) in [5, 5.41) is 6.31. The first-order chi connectivity index (χ1) is 11.0. The Hall–Kier alpha value is -1.63. The Balaban J connectivity index is 2.72. The summed E-state index contributed by atoms with van der Waals surface area (Å²) in [6, 6.07) is 4.15. The topological polar surface area (TPSA) is 70.6 Å². The first kappa shape index (κ1) is 20.4. The van der Waals surface area contributed by atoms with Gasteiger partial charge in [-0.05, 0) is 35.1 Å². The Kier molecular flexibility index (Phi) is 7.20. The van der Waals surface area contributed by atoms with Crippen molar-refractivity contribution in [2.75, 3.05) is 19.8 Å². The summed E-state index contributed by atoms with van der Waals surface area (Å²) in [7, 11) is -1.52. The lowest BCUT2D eigenvalue weighted by molar-refractivity contribution is 0.377. The van der Waals surface area contributed by atoms with Crippen LogP contribution in [0, 0.1) is 11.2 Å². The van der Waals surface area contributed by atoms with E-state index in [2.05, 4.69) is 36.4 Å². The highest BCUT2D eigenvalue weighted by atomic mass is 32.2. The van der Waals surface area contributed by atoms with E-state index in [1.54, 1.807) is 7.05 Å². The molecule has 1 rings (SSSR count). The number of nitrogens with one attached hydrogen (secondary N) is 2. The van der Waals surface area contributed by atoms with Gasteiger partial charge in [0.05, 0.1) is 5.75 Å². The molecule has 0 aliphatic heterocycles. The van der Waals surface area contributed by atoms with Crippen LogP contribution in [0.2, 0.25) is 0 Å². The third-order valence-electron chi connectivity index (χ3n) is 3.42. The number of nitrogens with zero attached hydrogens (tertiary/aromatic N) is 1. The van der Waals surface area contributed by atoms with Crippen LogP contribution in [0.5, 0.6) is 0 Å². The lowest BCUT2D eigenvalue weighted by atomic mass is 9.92. The van der Waals surface area contributed by atoms with Gasteiger partial charge in [0.25, 0.3) is 0 Å². The number of sulfone groups is 1. The number of guanidine groups is 1. The van der Waals surface area contributed by atoms with Crippen molar-refractivity contribution in [1.29, 1.82) is 0 Å². The molecule has 0 heterocycles. The predicted octanol–water partition coefficient (Wildman–Crippen LogP) is 2.47. The van der Waals surface area contributed by atoms with Gasteiger partial charge in [0.1, 0.15) is 5.82 Å². The molecule has 0 amide bonds. The van der Waals surface area contributed by atoms with E-state index in [1.165, 1.54) is 24.5 Å². The summed E-state index contributed by atoms with van der Waals surface area (Å²) in [4.78, 5) is 4.13.